The highest BCUT2D eigenvalue weighted by Crippen LogP contribution is 2.33. The first kappa shape index (κ1) is 16.4. The number of aromatic nitrogens is 2. The molecule has 2 heterocycles. The third-order valence-electron chi connectivity index (χ3n) is 4.35. The van der Waals surface area contributed by atoms with E-state index in [2.05, 4.69) is 10.1 Å². The van der Waals surface area contributed by atoms with Crippen LogP contribution >= 0.6 is 0 Å². The number of amides is 1. The van der Waals surface area contributed by atoms with Crippen molar-refractivity contribution >= 4 is 12.0 Å². The lowest BCUT2D eigenvalue weighted by molar-refractivity contribution is -0.128. The number of carbonyl (C=O) groups is 1. The molecule has 0 bridgehead atoms. The first-order chi connectivity index (χ1) is 11.4. The first-order valence-corrected chi connectivity index (χ1v) is 7.86. The molecular weight excluding hydrogens is 306 g/mol. The molecule has 0 spiro atoms. The summed E-state index contributed by atoms with van der Waals surface area (Å²) in [6.45, 7) is 5.31. The van der Waals surface area contributed by atoms with Gasteiger partial charge >= 0.3 is 0 Å². The predicted molar refractivity (Wildman–Crippen MR) is 88.8 cm³/mol. The van der Waals surface area contributed by atoms with Gasteiger partial charge in [-0.3, -0.25) is 4.79 Å². The number of ether oxygens (including phenoxy) is 1. The number of carbonyl (C=O) groups excluding carboxylic acids is 1. The van der Waals surface area contributed by atoms with Crippen molar-refractivity contribution < 1.29 is 14.1 Å². The summed E-state index contributed by atoms with van der Waals surface area (Å²) in [7, 11) is 1.61. The number of benzene rings is 1. The molecule has 0 aliphatic carbocycles. The van der Waals surface area contributed by atoms with Crippen molar-refractivity contribution in [3.8, 4) is 0 Å². The average Bonchev–Trinajstić information content (AvgIpc) is 3.04. The zero-order valence-corrected chi connectivity index (χ0v) is 14.3. The summed E-state index contributed by atoms with van der Waals surface area (Å²) in [6, 6.07) is 7.84. The van der Waals surface area contributed by atoms with Gasteiger partial charge in [-0.25, -0.2) is 0 Å². The van der Waals surface area contributed by atoms with Gasteiger partial charge in [0.2, 0.25) is 17.6 Å². The molecule has 1 unspecified atom stereocenters. The quantitative estimate of drug-likeness (QED) is 0.863. The van der Waals surface area contributed by atoms with E-state index in [1.165, 1.54) is 0 Å². The molecule has 3 rings (SSSR count). The van der Waals surface area contributed by atoms with Crippen LogP contribution in [-0.4, -0.2) is 28.1 Å². The number of rotatable bonds is 4. The molecule has 1 aromatic carbocycles. The molecule has 1 aliphatic heterocycles. The highest BCUT2D eigenvalue weighted by molar-refractivity contribution is 5.77. The minimum atomic E-state index is -0.619. The molecule has 1 aromatic heterocycles. The maximum Gasteiger partial charge on any atom is 0.229 e. The third-order valence-corrected chi connectivity index (χ3v) is 4.35. The Labute approximate surface area is 141 Å². The van der Waals surface area contributed by atoms with Crippen molar-refractivity contribution in [2.45, 2.75) is 38.8 Å². The van der Waals surface area contributed by atoms with Crippen molar-refractivity contribution in [1.29, 1.82) is 0 Å². The second-order valence-corrected chi connectivity index (χ2v) is 6.32. The smallest absolute Gasteiger partial charge is 0.229 e. The normalized spacial score (nSPS) is 17.0. The van der Waals surface area contributed by atoms with Crippen LogP contribution in [0.1, 0.15) is 49.7 Å². The summed E-state index contributed by atoms with van der Waals surface area (Å²) < 4.78 is 10.8. The van der Waals surface area contributed by atoms with Gasteiger partial charge in [-0.1, -0.05) is 29.4 Å². The Morgan fingerprint density at radius 2 is 2.12 bits per heavy atom. The summed E-state index contributed by atoms with van der Waals surface area (Å²) in [5, 5.41) is 4.02. The van der Waals surface area contributed by atoms with E-state index in [0.29, 0.717) is 18.1 Å². The van der Waals surface area contributed by atoms with Crippen LogP contribution in [0.2, 0.25) is 0 Å². The molecule has 1 atom stereocenters. The van der Waals surface area contributed by atoms with Crippen LogP contribution in [0.4, 0.5) is 0 Å². The Hall–Kier alpha value is -2.47. The van der Waals surface area contributed by atoms with Gasteiger partial charge in [0.05, 0.1) is 12.5 Å². The fourth-order valence-corrected chi connectivity index (χ4v) is 2.75. The van der Waals surface area contributed by atoms with Gasteiger partial charge in [0, 0.05) is 20.2 Å². The molecule has 0 saturated carbocycles. The highest BCUT2D eigenvalue weighted by atomic mass is 16.5. The van der Waals surface area contributed by atoms with Gasteiger partial charge in [-0.2, -0.15) is 4.98 Å². The largest absolute Gasteiger partial charge is 0.371 e. The maximum atomic E-state index is 12.0. The van der Waals surface area contributed by atoms with E-state index in [1.807, 2.05) is 50.4 Å². The van der Waals surface area contributed by atoms with Gasteiger partial charge in [0.1, 0.15) is 5.60 Å². The van der Waals surface area contributed by atoms with Gasteiger partial charge < -0.3 is 14.2 Å². The summed E-state index contributed by atoms with van der Waals surface area (Å²) in [4.78, 5) is 18.2. The molecule has 126 valence electrons. The fraction of sp³-hybridized carbons (Fsp3) is 0.389. The number of nitrogens with zero attached hydrogens (tertiary/aromatic N) is 3. The minimum absolute atomic E-state index is 0.0253. The Balaban J connectivity index is 1.92. The van der Waals surface area contributed by atoms with Crippen LogP contribution in [0.3, 0.4) is 0 Å². The lowest BCUT2D eigenvalue weighted by Crippen LogP contribution is -2.32. The monoisotopic (exact) mass is 327 g/mol. The number of hydrogen-bond acceptors (Lipinski definition) is 5. The standard InChI is InChI=1S/C18H21N3O3/c1-12(22)21-10-9-13-7-5-6-8-14(13)15(21)11-16-19-17(20-24-16)18(2,3)23-4/h5-10,15H,11H2,1-4H3. The van der Waals surface area contributed by atoms with E-state index in [4.69, 9.17) is 9.26 Å². The van der Waals surface area contributed by atoms with Crippen LogP contribution < -0.4 is 0 Å². The fourth-order valence-electron chi connectivity index (χ4n) is 2.75. The van der Waals surface area contributed by atoms with Crippen LogP contribution in [0, 0.1) is 0 Å². The van der Waals surface area contributed by atoms with Crippen LogP contribution in [0.5, 0.6) is 0 Å². The molecule has 0 radical (unpaired) electrons. The summed E-state index contributed by atoms with van der Waals surface area (Å²) in [5.41, 5.74) is 1.55. The summed E-state index contributed by atoms with van der Waals surface area (Å²) in [6.07, 6.45) is 4.21. The zero-order valence-electron chi connectivity index (χ0n) is 14.3. The lowest BCUT2D eigenvalue weighted by atomic mass is 9.94. The molecule has 0 N–H and O–H groups in total. The van der Waals surface area contributed by atoms with Crippen LogP contribution in [0.25, 0.3) is 6.08 Å². The summed E-state index contributed by atoms with van der Waals surface area (Å²) in [5.74, 6) is 0.952. The van der Waals surface area contributed by atoms with Gasteiger partial charge in [0.25, 0.3) is 0 Å². The second-order valence-electron chi connectivity index (χ2n) is 6.32. The van der Waals surface area contributed by atoms with Crippen molar-refractivity contribution in [3.05, 3.63) is 53.3 Å². The minimum Gasteiger partial charge on any atom is -0.371 e. The SMILES string of the molecule is COC(C)(C)c1noc(CC2c3ccccc3C=CN2C(C)=O)n1. The molecule has 1 amide bonds. The summed E-state index contributed by atoms with van der Waals surface area (Å²) >= 11 is 0. The predicted octanol–water partition coefficient (Wildman–Crippen LogP) is 3.07. The van der Waals surface area contributed by atoms with E-state index < -0.39 is 5.60 Å². The highest BCUT2D eigenvalue weighted by Gasteiger charge is 2.30. The van der Waals surface area contributed by atoms with Crippen molar-refractivity contribution in [3.63, 3.8) is 0 Å². The molecule has 0 fully saturated rings. The van der Waals surface area contributed by atoms with Crippen molar-refractivity contribution in [2.24, 2.45) is 0 Å². The topological polar surface area (TPSA) is 68.5 Å². The molecule has 6 heteroatoms. The van der Waals surface area contributed by atoms with Crippen LogP contribution in [0.15, 0.2) is 35.0 Å². The number of fused-ring (bicyclic) bond motifs is 1. The molecule has 0 saturated heterocycles. The molecular formula is C18H21N3O3. The van der Waals surface area contributed by atoms with Gasteiger partial charge in [-0.05, 0) is 31.1 Å². The average molecular weight is 327 g/mol. The molecule has 1 aliphatic rings. The lowest BCUT2D eigenvalue weighted by Gasteiger charge is -2.31. The van der Waals surface area contributed by atoms with Crippen molar-refractivity contribution in [2.75, 3.05) is 7.11 Å². The van der Waals surface area contributed by atoms with E-state index >= 15 is 0 Å². The third kappa shape index (κ3) is 2.97. The second kappa shape index (κ2) is 6.20. The van der Waals surface area contributed by atoms with E-state index in [-0.39, 0.29) is 11.9 Å². The van der Waals surface area contributed by atoms with E-state index in [0.717, 1.165) is 11.1 Å². The molecule has 24 heavy (non-hydrogen) atoms. The van der Waals surface area contributed by atoms with Gasteiger partial charge in [-0.15, -0.1) is 0 Å². The Bertz CT molecular complexity index is 779. The number of methoxy groups -OCH3 is 1. The van der Waals surface area contributed by atoms with Crippen LogP contribution in [-0.2, 0) is 21.6 Å². The Morgan fingerprint density at radius 3 is 2.83 bits per heavy atom. The number of hydrogen-bond donors (Lipinski definition) is 0. The van der Waals surface area contributed by atoms with E-state index in [1.54, 1.807) is 18.9 Å². The molecule has 6 nitrogen and oxygen atoms in total. The molecule has 2 aromatic rings. The zero-order chi connectivity index (χ0) is 17.3. The van der Waals surface area contributed by atoms with Gasteiger partial charge in [0.15, 0.2) is 0 Å². The first-order valence-electron chi connectivity index (χ1n) is 7.86. The Kier molecular flexibility index (Phi) is 4.24. The van der Waals surface area contributed by atoms with E-state index in [9.17, 15) is 4.79 Å². The maximum absolute atomic E-state index is 12.0. The van der Waals surface area contributed by atoms with Crippen molar-refractivity contribution in [1.82, 2.24) is 15.0 Å². The Morgan fingerprint density at radius 1 is 1.38 bits per heavy atom.